The highest BCUT2D eigenvalue weighted by Crippen LogP contribution is 2.05. The lowest BCUT2D eigenvalue weighted by molar-refractivity contribution is 1.19. The van der Waals surface area contributed by atoms with E-state index in [0.717, 1.165) is 5.56 Å². The molecule has 54 valence electrons. The molecule has 0 aliphatic heterocycles. The summed E-state index contributed by atoms with van der Waals surface area (Å²) in [5.74, 6) is 0.358. The second-order valence-corrected chi connectivity index (χ2v) is 2.49. The van der Waals surface area contributed by atoms with Crippen LogP contribution in [0.15, 0.2) is 17.1 Å². The molecule has 4 heteroatoms. The van der Waals surface area contributed by atoms with E-state index < -0.39 is 0 Å². The summed E-state index contributed by atoms with van der Waals surface area (Å²) in [5, 5.41) is 0.179. The van der Waals surface area contributed by atoms with E-state index in [0.29, 0.717) is 5.88 Å². The molecule has 1 aromatic heterocycles. The highest BCUT2D eigenvalue weighted by atomic mass is 35.5. The Labute approximate surface area is 67.8 Å². The number of H-pyrrole nitrogens is 1. The number of hydrogen-bond donors (Lipinski definition) is 1. The molecule has 0 unspecified atom stereocenters. The van der Waals surface area contributed by atoms with Crippen LogP contribution in [0.1, 0.15) is 5.56 Å². The quantitative estimate of drug-likeness (QED) is 0.653. The first-order valence-electron chi connectivity index (χ1n) is 2.67. The summed E-state index contributed by atoms with van der Waals surface area (Å²) in [6, 6.07) is 1.55. The van der Waals surface area contributed by atoms with Crippen LogP contribution >= 0.6 is 23.2 Å². The standard InChI is InChI=1S/C6H5Cl2NO/c7-2-4-1-5(8)6(10)9-3-4/h1,3H,2H2,(H,9,10). The van der Waals surface area contributed by atoms with Crippen molar-refractivity contribution in [3.8, 4) is 0 Å². The Morgan fingerprint density at radius 2 is 2.30 bits per heavy atom. The molecule has 0 bridgehead atoms. The third kappa shape index (κ3) is 1.52. The molecule has 1 aromatic rings. The zero-order valence-corrected chi connectivity index (χ0v) is 6.54. The molecule has 0 saturated carbocycles. The van der Waals surface area contributed by atoms with E-state index in [4.69, 9.17) is 23.2 Å². The number of aromatic nitrogens is 1. The Kier molecular flexibility index (Phi) is 2.35. The maximum Gasteiger partial charge on any atom is 0.266 e. The third-order valence-electron chi connectivity index (χ3n) is 1.07. The molecule has 0 aliphatic carbocycles. The van der Waals surface area contributed by atoms with Crippen LogP contribution in [0.25, 0.3) is 0 Å². The monoisotopic (exact) mass is 177 g/mol. The molecular weight excluding hydrogens is 173 g/mol. The zero-order chi connectivity index (χ0) is 7.56. The Bertz CT molecular complexity index is 281. The average molecular weight is 178 g/mol. The predicted molar refractivity (Wildman–Crippen MR) is 41.6 cm³/mol. The summed E-state index contributed by atoms with van der Waals surface area (Å²) in [4.78, 5) is 13.1. The molecule has 0 amide bonds. The zero-order valence-electron chi connectivity index (χ0n) is 5.03. The molecule has 1 heterocycles. The van der Waals surface area contributed by atoms with Gasteiger partial charge in [-0.1, -0.05) is 11.6 Å². The van der Waals surface area contributed by atoms with Crippen molar-refractivity contribution in [2.75, 3.05) is 0 Å². The van der Waals surface area contributed by atoms with Crippen molar-refractivity contribution in [2.45, 2.75) is 5.88 Å². The van der Waals surface area contributed by atoms with Gasteiger partial charge >= 0.3 is 0 Å². The lowest BCUT2D eigenvalue weighted by Gasteiger charge is -1.92. The van der Waals surface area contributed by atoms with Crippen molar-refractivity contribution >= 4 is 23.2 Å². The SMILES string of the molecule is O=c1[nH]cc(CCl)cc1Cl. The summed E-state index contributed by atoms with van der Waals surface area (Å²) >= 11 is 11.0. The molecule has 0 radical (unpaired) electrons. The van der Waals surface area contributed by atoms with Crippen LogP contribution < -0.4 is 5.56 Å². The van der Waals surface area contributed by atoms with Gasteiger partial charge in [-0.05, 0) is 11.6 Å². The lowest BCUT2D eigenvalue weighted by atomic mass is 10.3. The van der Waals surface area contributed by atoms with Crippen LogP contribution in [-0.4, -0.2) is 4.98 Å². The van der Waals surface area contributed by atoms with E-state index in [2.05, 4.69) is 4.98 Å². The Balaban J connectivity index is 3.17. The van der Waals surface area contributed by atoms with Crippen LogP contribution in [0.5, 0.6) is 0 Å². The number of rotatable bonds is 1. The second-order valence-electron chi connectivity index (χ2n) is 1.82. The Morgan fingerprint density at radius 1 is 1.60 bits per heavy atom. The number of alkyl halides is 1. The third-order valence-corrected chi connectivity index (χ3v) is 1.66. The summed E-state index contributed by atoms with van der Waals surface area (Å²) in [5.41, 5.74) is 0.529. The van der Waals surface area contributed by atoms with E-state index >= 15 is 0 Å². The Hall–Kier alpha value is -0.470. The van der Waals surface area contributed by atoms with Gasteiger partial charge in [0.25, 0.3) is 5.56 Å². The van der Waals surface area contributed by atoms with Crippen LogP contribution in [0.4, 0.5) is 0 Å². The molecule has 1 rings (SSSR count). The van der Waals surface area contributed by atoms with Crippen molar-refractivity contribution in [1.29, 1.82) is 0 Å². The largest absolute Gasteiger partial charge is 0.328 e. The predicted octanol–water partition coefficient (Wildman–Crippen LogP) is 1.77. The van der Waals surface area contributed by atoms with Gasteiger partial charge in [0.2, 0.25) is 0 Å². The maximum absolute atomic E-state index is 10.7. The van der Waals surface area contributed by atoms with E-state index in [9.17, 15) is 4.79 Å². The van der Waals surface area contributed by atoms with E-state index in [-0.39, 0.29) is 10.6 Å². The topological polar surface area (TPSA) is 32.9 Å². The number of nitrogens with one attached hydrogen (secondary N) is 1. The van der Waals surface area contributed by atoms with Gasteiger partial charge in [-0.25, -0.2) is 0 Å². The number of aromatic amines is 1. The molecular formula is C6H5Cl2NO. The highest BCUT2D eigenvalue weighted by molar-refractivity contribution is 6.30. The molecule has 1 N–H and O–H groups in total. The minimum absolute atomic E-state index is 0.179. The van der Waals surface area contributed by atoms with E-state index in [1.54, 1.807) is 12.3 Å². The lowest BCUT2D eigenvalue weighted by Crippen LogP contribution is -2.05. The minimum atomic E-state index is -0.282. The first kappa shape index (κ1) is 7.63. The van der Waals surface area contributed by atoms with Gasteiger partial charge in [0, 0.05) is 12.1 Å². The van der Waals surface area contributed by atoms with Crippen LogP contribution in [0.2, 0.25) is 5.02 Å². The van der Waals surface area contributed by atoms with Crippen molar-refractivity contribution in [3.63, 3.8) is 0 Å². The van der Waals surface area contributed by atoms with Crippen molar-refractivity contribution in [3.05, 3.63) is 33.2 Å². The van der Waals surface area contributed by atoms with Gasteiger partial charge < -0.3 is 4.98 Å². The van der Waals surface area contributed by atoms with Gasteiger partial charge in [0.05, 0.1) is 0 Å². The number of hydrogen-bond acceptors (Lipinski definition) is 1. The summed E-state index contributed by atoms with van der Waals surface area (Å²) in [6.45, 7) is 0. The Morgan fingerprint density at radius 3 is 2.80 bits per heavy atom. The second kappa shape index (κ2) is 3.08. The maximum atomic E-state index is 10.7. The van der Waals surface area contributed by atoms with E-state index in [1.807, 2.05) is 0 Å². The fourth-order valence-corrected chi connectivity index (χ4v) is 0.923. The first-order chi connectivity index (χ1) is 4.74. The number of pyridine rings is 1. The van der Waals surface area contributed by atoms with Gasteiger partial charge in [0.1, 0.15) is 5.02 Å². The first-order valence-corrected chi connectivity index (χ1v) is 3.58. The fourth-order valence-electron chi connectivity index (χ4n) is 0.574. The van der Waals surface area contributed by atoms with Crippen molar-refractivity contribution in [1.82, 2.24) is 4.98 Å². The van der Waals surface area contributed by atoms with Gasteiger partial charge in [-0.15, -0.1) is 11.6 Å². The van der Waals surface area contributed by atoms with Gasteiger partial charge in [-0.3, -0.25) is 4.79 Å². The summed E-state index contributed by atoms with van der Waals surface area (Å²) < 4.78 is 0. The molecule has 10 heavy (non-hydrogen) atoms. The molecule has 0 fully saturated rings. The molecule has 0 atom stereocenters. The van der Waals surface area contributed by atoms with Crippen molar-refractivity contribution < 1.29 is 0 Å². The molecule has 0 saturated heterocycles. The molecule has 2 nitrogen and oxygen atoms in total. The minimum Gasteiger partial charge on any atom is -0.328 e. The smallest absolute Gasteiger partial charge is 0.266 e. The summed E-state index contributed by atoms with van der Waals surface area (Å²) in [6.07, 6.45) is 1.54. The normalized spacial score (nSPS) is 9.80. The highest BCUT2D eigenvalue weighted by Gasteiger charge is 1.95. The van der Waals surface area contributed by atoms with Crippen LogP contribution in [-0.2, 0) is 5.88 Å². The molecule has 0 aromatic carbocycles. The van der Waals surface area contributed by atoms with Crippen LogP contribution in [0, 0.1) is 0 Å². The molecule has 0 aliphatic rings. The number of halogens is 2. The molecule has 0 spiro atoms. The fraction of sp³-hybridized carbons (Fsp3) is 0.167. The van der Waals surface area contributed by atoms with Gasteiger partial charge in [0.15, 0.2) is 0 Å². The van der Waals surface area contributed by atoms with Crippen molar-refractivity contribution in [2.24, 2.45) is 0 Å². The summed E-state index contributed by atoms with van der Waals surface area (Å²) in [7, 11) is 0. The average Bonchev–Trinajstić information content (AvgIpc) is 1.95. The van der Waals surface area contributed by atoms with Gasteiger partial charge in [-0.2, -0.15) is 0 Å². The van der Waals surface area contributed by atoms with Crippen LogP contribution in [0.3, 0.4) is 0 Å². The van der Waals surface area contributed by atoms with E-state index in [1.165, 1.54) is 0 Å².